The van der Waals surface area contributed by atoms with Gasteiger partial charge in [0, 0.05) is 26.0 Å². The normalized spacial score (nSPS) is 11.1. The molecule has 0 unspecified atom stereocenters. The van der Waals surface area contributed by atoms with Crippen molar-refractivity contribution in [1.82, 2.24) is 9.13 Å². The van der Waals surface area contributed by atoms with Crippen molar-refractivity contribution in [2.24, 2.45) is 7.05 Å². The highest BCUT2D eigenvalue weighted by atomic mass is 32.1. The first kappa shape index (κ1) is 16.5. The zero-order valence-corrected chi connectivity index (χ0v) is 13.6. The highest BCUT2D eigenvalue weighted by Gasteiger charge is 1.96. The van der Waals surface area contributed by atoms with Crippen LogP contribution in [0.3, 0.4) is 0 Å². The number of hydrogen-bond donors (Lipinski definition) is 0. The maximum atomic E-state index is 5.32. The van der Waals surface area contributed by atoms with Crippen LogP contribution in [-0.4, -0.2) is 9.13 Å². The smallest absolute Gasteiger partial charge is 0.179 e. The fourth-order valence-electron chi connectivity index (χ4n) is 2.45. The van der Waals surface area contributed by atoms with E-state index in [4.69, 9.17) is 12.2 Å². The van der Waals surface area contributed by atoms with Crippen molar-refractivity contribution in [1.29, 1.82) is 0 Å². The minimum atomic E-state index is 0.941. The molecule has 1 rings (SSSR count). The van der Waals surface area contributed by atoms with Gasteiger partial charge in [0.2, 0.25) is 0 Å². The molecule has 19 heavy (non-hydrogen) atoms. The number of nitrogens with zero attached hydrogens (tertiary/aromatic N) is 2. The Morgan fingerprint density at radius 1 is 0.842 bits per heavy atom. The van der Waals surface area contributed by atoms with E-state index in [1.54, 1.807) is 0 Å². The van der Waals surface area contributed by atoms with Crippen LogP contribution in [0, 0.1) is 4.77 Å². The average molecular weight is 282 g/mol. The van der Waals surface area contributed by atoms with E-state index in [2.05, 4.69) is 17.7 Å². The lowest BCUT2D eigenvalue weighted by Crippen LogP contribution is -1.98. The van der Waals surface area contributed by atoms with Gasteiger partial charge in [0.25, 0.3) is 0 Å². The summed E-state index contributed by atoms with van der Waals surface area (Å²) in [6, 6.07) is 0. The summed E-state index contributed by atoms with van der Waals surface area (Å²) < 4.78 is 5.13. The fourth-order valence-corrected chi connectivity index (χ4v) is 2.66. The highest BCUT2D eigenvalue weighted by molar-refractivity contribution is 7.71. The maximum absolute atomic E-state index is 5.32. The number of unbranched alkanes of at least 4 members (excludes halogenated alkanes) is 9. The summed E-state index contributed by atoms with van der Waals surface area (Å²) in [4.78, 5) is 0. The standard InChI is InChI=1S/C16H30N2S/c1-3-4-5-6-7-8-9-10-11-12-13-18-15-14-17(2)16(18)19/h14-15H,3-13H2,1-2H3. The summed E-state index contributed by atoms with van der Waals surface area (Å²) >= 11 is 5.32. The second-order valence-electron chi connectivity index (χ2n) is 5.57. The number of aryl methyl sites for hydroxylation is 2. The molecule has 0 saturated carbocycles. The molecule has 0 aliphatic carbocycles. The Morgan fingerprint density at radius 3 is 1.84 bits per heavy atom. The van der Waals surface area contributed by atoms with Crippen molar-refractivity contribution >= 4 is 12.2 Å². The van der Waals surface area contributed by atoms with Crippen LogP contribution in [0.4, 0.5) is 0 Å². The van der Waals surface area contributed by atoms with Crippen LogP contribution in [0.5, 0.6) is 0 Å². The van der Waals surface area contributed by atoms with Gasteiger partial charge >= 0.3 is 0 Å². The molecule has 3 heteroatoms. The molecule has 110 valence electrons. The first-order valence-corrected chi connectivity index (χ1v) is 8.38. The molecule has 0 N–H and O–H groups in total. The van der Waals surface area contributed by atoms with Crippen LogP contribution in [0.1, 0.15) is 71.1 Å². The summed E-state index contributed by atoms with van der Waals surface area (Å²) in [5.74, 6) is 0. The molecule has 0 saturated heterocycles. The van der Waals surface area contributed by atoms with Crippen LogP contribution in [0.25, 0.3) is 0 Å². The molecular formula is C16H30N2S. The van der Waals surface area contributed by atoms with Gasteiger partial charge < -0.3 is 9.13 Å². The van der Waals surface area contributed by atoms with E-state index in [1.165, 1.54) is 64.2 Å². The Balaban J connectivity index is 1.91. The van der Waals surface area contributed by atoms with E-state index >= 15 is 0 Å². The molecule has 1 heterocycles. The number of rotatable bonds is 11. The topological polar surface area (TPSA) is 9.86 Å². The third-order valence-corrected chi connectivity index (χ3v) is 4.29. The van der Waals surface area contributed by atoms with E-state index < -0.39 is 0 Å². The minimum absolute atomic E-state index is 0.941. The third-order valence-electron chi connectivity index (χ3n) is 3.77. The van der Waals surface area contributed by atoms with Crippen molar-refractivity contribution in [2.45, 2.75) is 77.7 Å². The molecule has 0 atom stereocenters. The summed E-state index contributed by atoms with van der Waals surface area (Å²) in [7, 11) is 2.01. The van der Waals surface area contributed by atoms with Crippen LogP contribution < -0.4 is 0 Å². The van der Waals surface area contributed by atoms with E-state index in [1.807, 2.05) is 17.8 Å². The van der Waals surface area contributed by atoms with Crippen molar-refractivity contribution in [3.05, 3.63) is 17.2 Å². The molecule has 0 spiro atoms. The lowest BCUT2D eigenvalue weighted by molar-refractivity contribution is 0.531. The van der Waals surface area contributed by atoms with Crippen LogP contribution in [0.15, 0.2) is 12.4 Å². The zero-order valence-electron chi connectivity index (χ0n) is 12.7. The SMILES string of the molecule is CCCCCCCCCCCCn1ccn(C)c1=S. The summed E-state index contributed by atoms with van der Waals surface area (Å²) in [5, 5.41) is 0. The summed E-state index contributed by atoms with van der Waals surface area (Å²) in [6.45, 7) is 3.36. The zero-order chi connectivity index (χ0) is 13.9. The molecule has 2 nitrogen and oxygen atoms in total. The van der Waals surface area contributed by atoms with Gasteiger partial charge in [-0.2, -0.15) is 0 Å². The van der Waals surface area contributed by atoms with Crippen molar-refractivity contribution < 1.29 is 0 Å². The number of imidazole rings is 1. The monoisotopic (exact) mass is 282 g/mol. The largest absolute Gasteiger partial charge is 0.327 e. The Hall–Kier alpha value is -0.570. The molecule has 1 aromatic heterocycles. The molecule has 0 aliphatic rings. The second-order valence-corrected chi connectivity index (χ2v) is 5.93. The Morgan fingerprint density at radius 2 is 1.37 bits per heavy atom. The molecular weight excluding hydrogens is 252 g/mol. The highest BCUT2D eigenvalue weighted by Crippen LogP contribution is 2.11. The summed E-state index contributed by atoms with van der Waals surface area (Å²) in [6.07, 6.45) is 18.0. The van der Waals surface area contributed by atoms with Gasteiger partial charge in [-0.15, -0.1) is 0 Å². The van der Waals surface area contributed by atoms with E-state index in [-0.39, 0.29) is 0 Å². The first-order chi connectivity index (χ1) is 9.25. The molecule has 0 aliphatic heterocycles. The molecule has 0 aromatic carbocycles. The molecule has 0 bridgehead atoms. The minimum Gasteiger partial charge on any atom is -0.327 e. The van der Waals surface area contributed by atoms with Crippen LogP contribution >= 0.6 is 12.2 Å². The average Bonchev–Trinajstić information content (AvgIpc) is 2.73. The van der Waals surface area contributed by atoms with Crippen molar-refractivity contribution in [3.8, 4) is 0 Å². The van der Waals surface area contributed by atoms with Gasteiger partial charge in [-0.25, -0.2) is 0 Å². The van der Waals surface area contributed by atoms with Gasteiger partial charge in [0.15, 0.2) is 4.77 Å². The molecule has 0 amide bonds. The quantitative estimate of drug-likeness (QED) is 0.386. The Kier molecular flexibility index (Phi) is 8.89. The second kappa shape index (κ2) is 10.2. The van der Waals surface area contributed by atoms with E-state index in [0.29, 0.717) is 0 Å². The van der Waals surface area contributed by atoms with Gasteiger partial charge in [-0.1, -0.05) is 64.7 Å². The Bertz CT molecular complexity index is 378. The fraction of sp³-hybridized carbons (Fsp3) is 0.812. The summed E-state index contributed by atoms with van der Waals surface area (Å²) in [5.41, 5.74) is 0. The van der Waals surface area contributed by atoms with Gasteiger partial charge in [0.05, 0.1) is 0 Å². The van der Waals surface area contributed by atoms with Gasteiger partial charge in [-0.05, 0) is 18.6 Å². The number of aromatic nitrogens is 2. The molecule has 1 aromatic rings. The van der Waals surface area contributed by atoms with Crippen molar-refractivity contribution in [2.75, 3.05) is 0 Å². The predicted octanol–water partition coefficient (Wildman–Crippen LogP) is 5.48. The molecule has 0 radical (unpaired) electrons. The first-order valence-electron chi connectivity index (χ1n) is 7.97. The van der Waals surface area contributed by atoms with Gasteiger partial charge in [-0.3, -0.25) is 0 Å². The lowest BCUT2D eigenvalue weighted by Gasteiger charge is -2.04. The Labute approximate surface area is 123 Å². The van der Waals surface area contributed by atoms with E-state index in [9.17, 15) is 0 Å². The van der Waals surface area contributed by atoms with Gasteiger partial charge in [0.1, 0.15) is 0 Å². The molecule has 0 fully saturated rings. The maximum Gasteiger partial charge on any atom is 0.179 e. The number of hydrogen-bond acceptors (Lipinski definition) is 1. The van der Waals surface area contributed by atoms with Crippen LogP contribution in [-0.2, 0) is 13.6 Å². The van der Waals surface area contributed by atoms with Crippen LogP contribution in [0.2, 0.25) is 0 Å². The third kappa shape index (κ3) is 6.95. The van der Waals surface area contributed by atoms with E-state index in [0.717, 1.165) is 11.3 Å². The lowest BCUT2D eigenvalue weighted by atomic mass is 10.1. The predicted molar refractivity (Wildman–Crippen MR) is 86.1 cm³/mol. The van der Waals surface area contributed by atoms with Crippen molar-refractivity contribution in [3.63, 3.8) is 0 Å².